The maximum absolute atomic E-state index is 12.6. The summed E-state index contributed by atoms with van der Waals surface area (Å²) in [5.41, 5.74) is 5.40. The molecule has 0 heterocycles. The molecule has 7 heteroatoms. The van der Waals surface area contributed by atoms with Gasteiger partial charge in [-0.2, -0.15) is 13.2 Å². The first-order valence-corrected chi connectivity index (χ1v) is 7.68. The van der Waals surface area contributed by atoms with E-state index in [1.165, 1.54) is 31.4 Å². The Balaban J connectivity index is 0.00000288. The highest BCUT2D eigenvalue weighted by Crippen LogP contribution is 2.29. The average molecular weight is 451 g/mol. The minimum atomic E-state index is -4.36. The van der Waals surface area contributed by atoms with Gasteiger partial charge in [-0.25, -0.2) is 4.99 Å². The molecule has 1 aliphatic carbocycles. The van der Waals surface area contributed by atoms with Crippen molar-refractivity contribution in [2.75, 3.05) is 6.54 Å². The van der Waals surface area contributed by atoms with Gasteiger partial charge in [0.05, 0.1) is 5.56 Å². The third-order valence-corrected chi connectivity index (χ3v) is 3.71. The van der Waals surface area contributed by atoms with E-state index in [2.05, 4.69) is 22.2 Å². The van der Waals surface area contributed by atoms with E-state index in [-0.39, 0.29) is 30.5 Å². The molecule has 1 aromatic carbocycles. The standard InChI is InChI=1S/C17H20F3N3.HI/c18-17(19,20)14-8-4-6-13(12-14)7-5-11-22-16(21)23-15-9-2-1-3-10-15;/h4,6,8,12,15H,1-3,9-11H2,(H3,21,22,23);1H. The normalized spacial score (nSPS) is 15.9. The number of rotatable bonds is 2. The van der Waals surface area contributed by atoms with Crippen molar-refractivity contribution in [3.8, 4) is 11.8 Å². The zero-order chi connectivity index (χ0) is 16.7. The van der Waals surface area contributed by atoms with Crippen molar-refractivity contribution in [2.24, 2.45) is 10.7 Å². The van der Waals surface area contributed by atoms with E-state index in [0.717, 1.165) is 25.0 Å². The molecular weight excluding hydrogens is 430 g/mol. The van der Waals surface area contributed by atoms with Gasteiger partial charge in [0.25, 0.3) is 0 Å². The predicted molar refractivity (Wildman–Crippen MR) is 100 cm³/mol. The summed E-state index contributed by atoms with van der Waals surface area (Å²) in [5, 5.41) is 3.16. The first kappa shape index (κ1) is 20.6. The van der Waals surface area contributed by atoms with Crippen LogP contribution in [0.25, 0.3) is 0 Å². The second-order valence-corrected chi connectivity index (χ2v) is 5.56. The molecule has 0 atom stereocenters. The summed E-state index contributed by atoms with van der Waals surface area (Å²) < 4.78 is 37.8. The van der Waals surface area contributed by atoms with E-state index in [9.17, 15) is 13.2 Å². The molecule has 0 spiro atoms. The summed E-state index contributed by atoms with van der Waals surface area (Å²) in [6.07, 6.45) is 1.47. The summed E-state index contributed by atoms with van der Waals surface area (Å²) in [5.74, 6) is 5.74. The Bertz CT molecular complexity index is 611. The molecule has 0 radical (unpaired) electrons. The van der Waals surface area contributed by atoms with Crippen molar-refractivity contribution in [1.82, 2.24) is 5.32 Å². The molecule has 0 aromatic heterocycles. The molecule has 1 saturated carbocycles. The van der Waals surface area contributed by atoms with Crippen molar-refractivity contribution in [2.45, 2.75) is 44.3 Å². The van der Waals surface area contributed by atoms with Crippen molar-refractivity contribution < 1.29 is 13.2 Å². The van der Waals surface area contributed by atoms with Crippen LogP contribution in [-0.4, -0.2) is 18.5 Å². The largest absolute Gasteiger partial charge is 0.416 e. The number of alkyl halides is 3. The zero-order valence-electron chi connectivity index (χ0n) is 13.2. The summed E-state index contributed by atoms with van der Waals surface area (Å²) in [6.45, 7) is 0.155. The summed E-state index contributed by atoms with van der Waals surface area (Å²) in [6, 6.07) is 5.30. The molecule has 3 nitrogen and oxygen atoms in total. The van der Waals surface area contributed by atoms with Crippen LogP contribution in [0.1, 0.15) is 43.2 Å². The van der Waals surface area contributed by atoms with E-state index in [4.69, 9.17) is 5.73 Å². The summed E-state index contributed by atoms with van der Waals surface area (Å²) >= 11 is 0. The number of hydrogen-bond donors (Lipinski definition) is 2. The molecule has 1 aliphatic rings. The Labute approximate surface area is 157 Å². The highest BCUT2D eigenvalue weighted by atomic mass is 127. The molecule has 1 fully saturated rings. The van der Waals surface area contributed by atoms with Crippen LogP contribution in [0.5, 0.6) is 0 Å². The topological polar surface area (TPSA) is 50.4 Å². The van der Waals surface area contributed by atoms with Gasteiger partial charge in [-0.05, 0) is 31.0 Å². The SMILES string of the molecule is I.NC(=NCC#Cc1cccc(C(F)(F)F)c1)NC1CCCCC1. The number of nitrogens with zero attached hydrogens (tertiary/aromatic N) is 1. The number of aliphatic imine (C=N–C) groups is 1. The van der Waals surface area contributed by atoms with Gasteiger partial charge in [0.1, 0.15) is 6.54 Å². The number of benzene rings is 1. The molecule has 0 bridgehead atoms. The fourth-order valence-electron chi connectivity index (χ4n) is 2.54. The van der Waals surface area contributed by atoms with Crippen molar-refractivity contribution in [3.05, 3.63) is 35.4 Å². The molecule has 0 aliphatic heterocycles. The Hall–Kier alpha value is -1.43. The van der Waals surface area contributed by atoms with E-state index in [1.54, 1.807) is 0 Å². The van der Waals surface area contributed by atoms with Gasteiger partial charge < -0.3 is 11.1 Å². The van der Waals surface area contributed by atoms with Crippen LogP contribution >= 0.6 is 24.0 Å². The van der Waals surface area contributed by atoms with Crippen molar-refractivity contribution in [1.29, 1.82) is 0 Å². The maximum Gasteiger partial charge on any atom is 0.416 e. The van der Waals surface area contributed by atoms with Crippen LogP contribution in [0.15, 0.2) is 29.3 Å². The molecule has 24 heavy (non-hydrogen) atoms. The quantitative estimate of drug-likeness (QED) is 0.310. The Morgan fingerprint density at radius 2 is 1.96 bits per heavy atom. The first-order chi connectivity index (χ1) is 10.9. The zero-order valence-corrected chi connectivity index (χ0v) is 15.5. The average Bonchev–Trinajstić information content (AvgIpc) is 2.52. The van der Waals surface area contributed by atoms with Crippen molar-refractivity contribution in [3.63, 3.8) is 0 Å². The molecule has 0 saturated heterocycles. The van der Waals surface area contributed by atoms with Gasteiger partial charge in [-0.3, -0.25) is 0 Å². The van der Waals surface area contributed by atoms with Gasteiger partial charge in [0, 0.05) is 11.6 Å². The Morgan fingerprint density at radius 3 is 2.62 bits per heavy atom. The Morgan fingerprint density at radius 1 is 1.25 bits per heavy atom. The summed E-state index contributed by atoms with van der Waals surface area (Å²) in [7, 11) is 0. The molecular formula is C17H21F3IN3. The fraction of sp³-hybridized carbons (Fsp3) is 0.471. The van der Waals surface area contributed by atoms with Gasteiger partial charge in [0.15, 0.2) is 5.96 Å². The number of halogens is 4. The van der Waals surface area contributed by atoms with Gasteiger partial charge >= 0.3 is 6.18 Å². The lowest BCUT2D eigenvalue weighted by Gasteiger charge is -2.22. The van der Waals surface area contributed by atoms with E-state index < -0.39 is 11.7 Å². The van der Waals surface area contributed by atoms with Gasteiger partial charge in [-0.1, -0.05) is 37.2 Å². The second kappa shape index (κ2) is 9.77. The minimum Gasteiger partial charge on any atom is -0.370 e. The van der Waals surface area contributed by atoms with Crippen LogP contribution in [0, 0.1) is 11.8 Å². The lowest BCUT2D eigenvalue weighted by molar-refractivity contribution is -0.137. The van der Waals surface area contributed by atoms with Crippen LogP contribution in [-0.2, 0) is 6.18 Å². The monoisotopic (exact) mass is 451 g/mol. The van der Waals surface area contributed by atoms with Crippen LogP contribution < -0.4 is 11.1 Å². The highest BCUT2D eigenvalue weighted by Gasteiger charge is 2.30. The smallest absolute Gasteiger partial charge is 0.370 e. The van der Waals surface area contributed by atoms with E-state index >= 15 is 0 Å². The van der Waals surface area contributed by atoms with Gasteiger partial charge in [0.2, 0.25) is 0 Å². The number of nitrogens with one attached hydrogen (secondary N) is 1. The second-order valence-electron chi connectivity index (χ2n) is 5.56. The fourth-order valence-corrected chi connectivity index (χ4v) is 2.54. The summed E-state index contributed by atoms with van der Waals surface area (Å²) in [4.78, 5) is 4.09. The Kier molecular flexibility index (Phi) is 8.39. The van der Waals surface area contributed by atoms with Gasteiger partial charge in [-0.15, -0.1) is 24.0 Å². The predicted octanol–water partition coefficient (Wildman–Crippen LogP) is 3.91. The lowest BCUT2D eigenvalue weighted by atomic mass is 9.96. The molecule has 0 unspecified atom stereocenters. The third kappa shape index (κ3) is 6.99. The molecule has 1 aromatic rings. The molecule has 132 valence electrons. The van der Waals surface area contributed by atoms with Crippen LogP contribution in [0.3, 0.4) is 0 Å². The molecule has 3 N–H and O–H groups in total. The minimum absolute atomic E-state index is 0. The number of hydrogen-bond acceptors (Lipinski definition) is 1. The molecule has 0 amide bonds. The number of nitrogens with two attached hydrogens (primary N) is 1. The van der Waals surface area contributed by atoms with E-state index in [0.29, 0.717) is 17.6 Å². The lowest BCUT2D eigenvalue weighted by Crippen LogP contribution is -2.41. The van der Waals surface area contributed by atoms with Crippen LogP contribution in [0.2, 0.25) is 0 Å². The maximum atomic E-state index is 12.6. The van der Waals surface area contributed by atoms with E-state index in [1.807, 2.05) is 0 Å². The van der Waals surface area contributed by atoms with Crippen LogP contribution in [0.4, 0.5) is 13.2 Å². The molecule has 2 rings (SSSR count). The first-order valence-electron chi connectivity index (χ1n) is 7.68. The third-order valence-electron chi connectivity index (χ3n) is 3.71. The highest BCUT2D eigenvalue weighted by molar-refractivity contribution is 14.0. The number of guanidine groups is 1. The van der Waals surface area contributed by atoms with Crippen molar-refractivity contribution >= 4 is 29.9 Å².